The molecule has 1 amide bonds. The first-order valence-electron chi connectivity index (χ1n) is 9.48. The molecule has 0 bridgehead atoms. The topological polar surface area (TPSA) is 99.1 Å². The number of furan rings is 1. The molecule has 0 aliphatic heterocycles. The van der Waals surface area contributed by atoms with Crippen LogP contribution in [0, 0.1) is 11.6 Å². The largest absolute Gasteiger partial charge is 0.467 e. The molecule has 162 valence electrons. The third-order valence-corrected chi connectivity index (χ3v) is 4.64. The van der Waals surface area contributed by atoms with Gasteiger partial charge in [0.1, 0.15) is 17.4 Å². The summed E-state index contributed by atoms with van der Waals surface area (Å²) in [5, 5.41) is 6.40. The Morgan fingerprint density at radius 1 is 1.00 bits per heavy atom. The van der Waals surface area contributed by atoms with E-state index in [4.69, 9.17) is 4.42 Å². The van der Waals surface area contributed by atoms with Gasteiger partial charge in [-0.05, 0) is 42.5 Å². The lowest BCUT2D eigenvalue weighted by atomic mass is 10.2. The first-order chi connectivity index (χ1) is 15.4. The van der Waals surface area contributed by atoms with Crippen molar-refractivity contribution in [1.29, 1.82) is 0 Å². The number of aromatic nitrogens is 3. The third kappa shape index (κ3) is 4.24. The predicted octanol–water partition coefficient (Wildman–Crippen LogP) is 2.24. The molecule has 0 aliphatic carbocycles. The highest BCUT2D eigenvalue weighted by molar-refractivity contribution is 5.91. The Labute approximate surface area is 179 Å². The number of hydrogen-bond donors (Lipinski definition) is 1. The second-order valence-corrected chi connectivity index (χ2v) is 6.76. The van der Waals surface area contributed by atoms with E-state index >= 15 is 0 Å². The minimum absolute atomic E-state index is 0.0179. The molecule has 32 heavy (non-hydrogen) atoms. The number of benzene rings is 2. The fourth-order valence-corrected chi connectivity index (χ4v) is 3.01. The van der Waals surface area contributed by atoms with E-state index in [-0.39, 0.29) is 17.8 Å². The van der Waals surface area contributed by atoms with Crippen molar-refractivity contribution in [2.45, 2.75) is 13.1 Å². The Hall–Kier alpha value is -4.34. The Morgan fingerprint density at radius 3 is 2.44 bits per heavy atom. The summed E-state index contributed by atoms with van der Waals surface area (Å²) in [4.78, 5) is 38.7. The summed E-state index contributed by atoms with van der Waals surface area (Å²) < 4.78 is 34.2. The number of halogens is 2. The number of nitrogens with zero attached hydrogens (tertiary/aromatic N) is 3. The molecule has 0 spiro atoms. The Balaban J connectivity index is 1.81. The monoisotopic (exact) mass is 438 g/mol. The summed E-state index contributed by atoms with van der Waals surface area (Å²) >= 11 is 0. The van der Waals surface area contributed by atoms with E-state index in [2.05, 4.69) is 10.4 Å². The standard InChI is InChI=1S/C22H16F2N4O4/c23-15-7-9-16(10-8-15)28-22(31)27(13-14-4-1-2-6-18(14)24)21(30)19(26-28)20(29)25-12-17-5-3-11-32-17/h1-11H,12-13H2,(H,25,29). The van der Waals surface area contributed by atoms with Crippen molar-refractivity contribution >= 4 is 5.91 Å². The van der Waals surface area contributed by atoms with Crippen LogP contribution < -0.4 is 16.6 Å². The normalized spacial score (nSPS) is 10.8. The van der Waals surface area contributed by atoms with E-state index in [1.165, 1.54) is 36.6 Å². The zero-order valence-electron chi connectivity index (χ0n) is 16.5. The van der Waals surface area contributed by atoms with Gasteiger partial charge in [-0.1, -0.05) is 18.2 Å². The van der Waals surface area contributed by atoms with E-state index < -0.39 is 41.0 Å². The molecule has 0 saturated carbocycles. The highest BCUT2D eigenvalue weighted by atomic mass is 19.1. The Morgan fingerprint density at radius 2 is 1.75 bits per heavy atom. The molecule has 2 aromatic heterocycles. The predicted molar refractivity (Wildman–Crippen MR) is 109 cm³/mol. The zero-order chi connectivity index (χ0) is 22.7. The van der Waals surface area contributed by atoms with Crippen LogP contribution in [0.15, 0.2) is 80.9 Å². The van der Waals surface area contributed by atoms with Crippen LogP contribution >= 0.6 is 0 Å². The molecule has 0 unspecified atom stereocenters. The van der Waals surface area contributed by atoms with Crippen molar-refractivity contribution in [2.24, 2.45) is 0 Å². The Bertz CT molecular complexity index is 1380. The molecule has 10 heteroatoms. The highest BCUT2D eigenvalue weighted by Gasteiger charge is 2.21. The van der Waals surface area contributed by atoms with E-state index in [9.17, 15) is 23.2 Å². The number of carbonyl (C=O) groups is 1. The maximum absolute atomic E-state index is 14.2. The van der Waals surface area contributed by atoms with Crippen LogP contribution in [-0.4, -0.2) is 20.3 Å². The average Bonchev–Trinajstić information content (AvgIpc) is 3.31. The molecule has 0 fully saturated rings. The molecule has 0 radical (unpaired) electrons. The van der Waals surface area contributed by atoms with E-state index in [1.807, 2.05) is 0 Å². The van der Waals surface area contributed by atoms with Crippen molar-refractivity contribution in [3.05, 3.63) is 116 Å². The van der Waals surface area contributed by atoms with Gasteiger partial charge < -0.3 is 9.73 Å². The SMILES string of the molecule is O=C(NCc1ccco1)c1nn(-c2ccc(F)cc2)c(=O)n(Cc2ccccc2F)c1=O. The van der Waals surface area contributed by atoms with Gasteiger partial charge in [-0.3, -0.25) is 14.2 Å². The second kappa shape index (κ2) is 8.80. The molecule has 2 heterocycles. The Kier molecular flexibility index (Phi) is 5.75. The van der Waals surface area contributed by atoms with E-state index in [0.717, 1.165) is 16.8 Å². The van der Waals surface area contributed by atoms with Crippen LogP contribution in [0.25, 0.3) is 5.69 Å². The minimum atomic E-state index is -0.992. The summed E-state index contributed by atoms with van der Waals surface area (Å²) in [7, 11) is 0. The summed E-state index contributed by atoms with van der Waals surface area (Å²) in [5.74, 6) is -1.58. The van der Waals surface area contributed by atoms with Gasteiger partial charge in [0.2, 0.25) is 5.69 Å². The number of carbonyl (C=O) groups excluding carboxylic acids is 1. The number of amides is 1. The zero-order valence-corrected chi connectivity index (χ0v) is 16.5. The van der Waals surface area contributed by atoms with Crippen molar-refractivity contribution in [3.63, 3.8) is 0 Å². The van der Waals surface area contributed by atoms with E-state index in [0.29, 0.717) is 10.3 Å². The first-order valence-corrected chi connectivity index (χ1v) is 9.48. The second-order valence-electron chi connectivity index (χ2n) is 6.76. The molecule has 0 atom stereocenters. The molecule has 4 aromatic rings. The molecule has 1 N–H and O–H groups in total. The van der Waals surface area contributed by atoms with Crippen LogP contribution in [0.5, 0.6) is 0 Å². The van der Waals surface area contributed by atoms with Gasteiger partial charge in [0.05, 0.1) is 25.0 Å². The van der Waals surface area contributed by atoms with Crippen molar-refractivity contribution in [3.8, 4) is 5.69 Å². The molecule has 2 aromatic carbocycles. The summed E-state index contributed by atoms with van der Waals surface area (Å²) in [6.45, 7) is -0.442. The van der Waals surface area contributed by atoms with Crippen LogP contribution in [-0.2, 0) is 13.1 Å². The van der Waals surface area contributed by atoms with Gasteiger partial charge in [0, 0.05) is 5.56 Å². The summed E-state index contributed by atoms with van der Waals surface area (Å²) in [5.41, 5.74) is -2.29. The van der Waals surface area contributed by atoms with Crippen LogP contribution in [0.1, 0.15) is 21.8 Å². The lowest BCUT2D eigenvalue weighted by Crippen LogP contribution is -2.46. The van der Waals surface area contributed by atoms with Crippen molar-refractivity contribution in [2.75, 3.05) is 0 Å². The maximum atomic E-state index is 14.2. The lowest BCUT2D eigenvalue weighted by Gasteiger charge is -2.12. The highest BCUT2D eigenvalue weighted by Crippen LogP contribution is 2.08. The molecule has 8 nitrogen and oxygen atoms in total. The van der Waals surface area contributed by atoms with Crippen molar-refractivity contribution in [1.82, 2.24) is 19.7 Å². The van der Waals surface area contributed by atoms with Crippen LogP contribution in [0.2, 0.25) is 0 Å². The molecule has 0 aliphatic rings. The number of hydrogen-bond acceptors (Lipinski definition) is 5. The van der Waals surface area contributed by atoms with E-state index in [1.54, 1.807) is 18.2 Å². The maximum Gasteiger partial charge on any atom is 0.352 e. The van der Waals surface area contributed by atoms with Gasteiger partial charge >= 0.3 is 5.69 Å². The minimum Gasteiger partial charge on any atom is -0.467 e. The summed E-state index contributed by atoms with van der Waals surface area (Å²) in [6, 6.07) is 13.6. The molecular formula is C22H16F2N4O4. The average molecular weight is 438 g/mol. The van der Waals surface area contributed by atoms with Crippen LogP contribution in [0.4, 0.5) is 8.78 Å². The van der Waals surface area contributed by atoms with Gasteiger partial charge in [0.15, 0.2) is 0 Å². The molecule has 4 rings (SSSR count). The van der Waals surface area contributed by atoms with Gasteiger partial charge in [0.25, 0.3) is 11.5 Å². The fourth-order valence-electron chi connectivity index (χ4n) is 3.01. The lowest BCUT2D eigenvalue weighted by molar-refractivity contribution is 0.0938. The number of nitrogens with one attached hydrogen (secondary N) is 1. The fraction of sp³-hybridized carbons (Fsp3) is 0.0909. The third-order valence-electron chi connectivity index (χ3n) is 4.64. The van der Waals surface area contributed by atoms with Gasteiger partial charge in [-0.15, -0.1) is 0 Å². The first kappa shape index (κ1) is 20.9. The van der Waals surface area contributed by atoms with Crippen molar-refractivity contribution < 1.29 is 18.0 Å². The smallest absolute Gasteiger partial charge is 0.352 e. The number of rotatable bonds is 6. The molecule has 0 saturated heterocycles. The quantitative estimate of drug-likeness (QED) is 0.498. The summed E-state index contributed by atoms with van der Waals surface area (Å²) in [6.07, 6.45) is 1.43. The molecular weight excluding hydrogens is 422 g/mol. The van der Waals surface area contributed by atoms with Gasteiger partial charge in [-0.2, -0.15) is 9.78 Å². The van der Waals surface area contributed by atoms with Gasteiger partial charge in [-0.25, -0.2) is 13.6 Å². The van der Waals surface area contributed by atoms with Crippen LogP contribution in [0.3, 0.4) is 0 Å².